The summed E-state index contributed by atoms with van der Waals surface area (Å²) < 4.78 is 29.1. The van der Waals surface area contributed by atoms with Gasteiger partial charge in [0.15, 0.2) is 0 Å². The van der Waals surface area contributed by atoms with Gasteiger partial charge in [-0.25, -0.2) is 8.78 Å². The third-order valence-electron chi connectivity index (χ3n) is 4.74. The predicted octanol–water partition coefficient (Wildman–Crippen LogP) is 0.632. The van der Waals surface area contributed by atoms with Crippen molar-refractivity contribution >= 4 is 11.8 Å². The van der Waals surface area contributed by atoms with Crippen molar-refractivity contribution < 1.29 is 23.5 Å². The SMILES string of the molecule is O=C(N[C@H]1C[C@H](C(=O)NCCCn2ccnn2)C[C@@H]1O)c1c(F)cccc1F. The Bertz CT molecular complexity index is 810. The molecule has 0 unspecified atom stereocenters. The molecular formula is C18H21F2N5O3. The lowest BCUT2D eigenvalue weighted by Crippen LogP contribution is -2.40. The third kappa shape index (κ3) is 4.69. The molecule has 3 N–H and O–H groups in total. The van der Waals surface area contributed by atoms with Gasteiger partial charge in [0, 0.05) is 25.2 Å². The van der Waals surface area contributed by atoms with Crippen molar-refractivity contribution in [2.45, 2.75) is 38.0 Å². The summed E-state index contributed by atoms with van der Waals surface area (Å²) in [6.07, 6.45) is 3.35. The quantitative estimate of drug-likeness (QED) is 0.598. The van der Waals surface area contributed by atoms with E-state index in [2.05, 4.69) is 20.9 Å². The van der Waals surface area contributed by atoms with Crippen LogP contribution >= 0.6 is 0 Å². The topological polar surface area (TPSA) is 109 Å². The summed E-state index contributed by atoms with van der Waals surface area (Å²) in [6.45, 7) is 1.04. The first-order valence-corrected chi connectivity index (χ1v) is 9.00. The van der Waals surface area contributed by atoms with E-state index in [4.69, 9.17) is 0 Å². The van der Waals surface area contributed by atoms with Crippen LogP contribution in [0.3, 0.4) is 0 Å². The van der Waals surface area contributed by atoms with Crippen molar-refractivity contribution in [1.29, 1.82) is 0 Å². The summed E-state index contributed by atoms with van der Waals surface area (Å²) in [6, 6.07) is 2.38. The van der Waals surface area contributed by atoms with Crippen LogP contribution in [0.4, 0.5) is 8.78 Å². The van der Waals surface area contributed by atoms with Gasteiger partial charge in [-0.05, 0) is 31.4 Å². The number of nitrogens with zero attached hydrogens (tertiary/aromatic N) is 3. The number of aliphatic hydroxyl groups is 1. The Hall–Kier alpha value is -2.88. The first-order valence-electron chi connectivity index (χ1n) is 9.00. The largest absolute Gasteiger partial charge is 0.391 e. The van der Waals surface area contributed by atoms with Crippen molar-refractivity contribution in [1.82, 2.24) is 25.6 Å². The van der Waals surface area contributed by atoms with E-state index in [9.17, 15) is 23.5 Å². The molecule has 0 bridgehead atoms. The highest BCUT2D eigenvalue weighted by Gasteiger charge is 2.38. The zero-order valence-electron chi connectivity index (χ0n) is 15.0. The maximum atomic E-state index is 13.7. The zero-order valence-corrected chi connectivity index (χ0v) is 15.0. The molecule has 1 aliphatic carbocycles. The molecule has 0 saturated heterocycles. The molecule has 2 amide bonds. The van der Waals surface area contributed by atoms with Crippen LogP contribution in [0.5, 0.6) is 0 Å². The molecule has 3 rings (SSSR count). The Labute approximate surface area is 159 Å². The predicted molar refractivity (Wildman–Crippen MR) is 94.0 cm³/mol. The average Bonchev–Trinajstić information content (AvgIpc) is 3.29. The molecule has 0 spiro atoms. The van der Waals surface area contributed by atoms with Crippen molar-refractivity contribution in [3.05, 3.63) is 47.8 Å². The van der Waals surface area contributed by atoms with Crippen molar-refractivity contribution in [2.24, 2.45) is 5.92 Å². The Morgan fingerprint density at radius 2 is 2.00 bits per heavy atom. The second-order valence-electron chi connectivity index (χ2n) is 6.72. The standard InChI is InChI=1S/C18H21F2N5O3/c19-12-3-1-4-13(20)16(12)18(28)23-14-9-11(10-15(14)26)17(27)21-5-2-7-25-8-6-22-24-25/h1,3-4,6,8,11,14-15,26H,2,5,7,9-10H2,(H,21,27)(H,23,28)/t11-,14-,15-/m0/s1. The van der Waals surface area contributed by atoms with E-state index in [1.807, 2.05) is 0 Å². The Kier molecular flexibility index (Phi) is 6.30. The molecule has 1 heterocycles. The molecule has 28 heavy (non-hydrogen) atoms. The van der Waals surface area contributed by atoms with E-state index in [0.29, 0.717) is 19.5 Å². The normalized spacial score (nSPS) is 21.5. The number of rotatable bonds is 7. The highest BCUT2D eigenvalue weighted by molar-refractivity contribution is 5.95. The minimum Gasteiger partial charge on any atom is -0.391 e. The van der Waals surface area contributed by atoms with Gasteiger partial charge in [0.1, 0.15) is 17.2 Å². The number of hydrogen-bond acceptors (Lipinski definition) is 5. The van der Waals surface area contributed by atoms with Crippen LogP contribution < -0.4 is 10.6 Å². The number of amides is 2. The summed E-state index contributed by atoms with van der Waals surface area (Å²) in [5.74, 6) is -3.63. The van der Waals surface area contributed by atoms with Crippen LogP contribution in [-0.2, 0) is 11.3 Å². The Morgan fingerprint density at radius 1 is 1.25 bits per heavy atom. The molecule has 2 aromatic rings. The molecule has 8 nitrogen and oxygen atoms in total. The summed E-state index contributed by atoms with van der Waals surface area (Å²) in [5.41, 5.74) is -0.698. The van der Waals surface area contributed by atoms with Crippen molar-refractivity contribution in [3.8, 4) is 0 Å². The first kappa shape index (κ1) is 19.9. The van der Waals surface area contributed by atoms with Crippen LogP contribution in [0.15, 0.2) is 30.6 Å². The van der Waals surface area contributed by atoms with Crippen LogP contribution in [0.2, 0.25) is 0 Å². The maximum Gasteiger partial charge on any atom is 0.257 e. The number of hydrogen-bond donors (Lipinski definition) is 3. The van der Waals surface area contributed by atoms with Gasteiger partial charge >= 0.3 is 0 Å². The summed E-state index contributed by atoms with van der Waals surface area (Å²) >= 11 is 0. The molecular weight excluding hydrogens is 372 g/mol. The second kappa shape index (κ2) is 8.87. The summed E-state index contributed by atoms with van der Waals surface area (Å²) in [4.78, 5) is 24.4. The van der Waals surface area contributed by atoms with Crippen molar-refractivity contribution in [2.75, 3.05) is 6.54 Å². The molecule has 150 valence electrons. The fourth-order valence-electron chi connectivity index (χ4n) is 3.29. The zero-order chi connectivity index (χ0) is 20.1. The Balaban J connectivity index is 1.48. The maximum absolute atomic E-state index is 13.7. The minimum absolute atomic E-state index is 0.166. The number of aliphatic hydroxyl groups excluding tert-OH is 1. The van der Waals surface area contributed by atoms with Gasteiger partial charge in [-0.15, -0.1) is 5.10 Å². The van der Waals surface area contributed by atoms with Gasteiger partial charge in [0.25, 0.3) is 5.91 Å². The molecule has 10 heteroatoms. The molecule has 1 fully saturated rings. The van der Waals surface area contributed by atoms with E-state index in [0.717, 1.165) is 18.2 Å². The van der Waals surface area contributed by atoms with E-state index in [1.165, 1.54) is 0 Å². The molecule has 1 aliphatic rings. The van der Waals surface area contributed by atoms with E-state index in [1.54, 1.807) is 17.1 Å². The van der Waals surface area contributed by atoms with Gasteiger partial charge in [-0.1, -0.05) is 11.3 Å². The number of carbonyl (C=O) groups is 2. The molecule has 3 atom stereocenters. The van der Waals surface area contributed by atoms with Crippen molar-refractivity contribution in [3.63, 3.8) is 0 Å². The second-order valence-corrected chi connectivity index (χ2v) is 6.72. The number of benzene rings is 1. The highest BCUT2D eigenvalue weighted by atomic mass is 19.1. The molecule has 1 aromatic carbocycles. The fourth-order valence-corrected chi connectivity index (χ4v) is 3.29. The smallest absolute Gasteiger partial charge is 0.257 e. The number of halogens is 2. The number of aryl methyl sites for hydroxylation is 1. The Morgan fingerprint density at radius 3 is 2.68 bits per heavy atom. The molecule has 1 saturated carbocycles. The summed E-state index contributed by atoms with van der Waals surface area (Å²) in [5, 5.41) is 22.9. The number of nitrogens with one attached hydrogen (secondary N) is 2. The highest BCUT2D eigenvalue weighted by Crippen LogP contribution is 2.27. The van der Waals surface area contributed by atoms with Crippen LogP contribution in [0.1, 0.15) is 29.6 Å². The summed E-state index contributed by atoms with van der Waals surface area (Å²) in [7, 11) is 0. The van der Waals surface area contributed by atoms with E-state index in [-0.39, 0.29) is 18.7 Å². The van der Waals surface area contributed by atoms with Crippen LogP contribution in [0, 0.1) is 17.6 Å². The lowest BCUT2D eigenvalue weighted by atomic mass is 10.1. The van der Waals surface area contributed by atoms with Gasteiger partial charge in [0.05, 0.1) is 18.3 Å². The average molecular weight is 393 g/mol. The molecule has 0 aliphatic heterocycles. The van der Waals surface area contributed by atoms with Gasteiger partial charge in [-0.2, -0.15) is 0 Å². The van der Waals surface area contributed by atoms with Crippen LogP contribution in [0.25, 0.3) is 0 Å². The third-order valence-corrected chi connectivity index (χ3v) is 4.74. The van der Waals surface area contributed by atoms with E-state index >= 15 is 0 Å². The van der Waals surface area contributed by atoms with Gasteiger partial charge in [-0.3, -0.25) is 14.3 Å². The minimum atomic E-state index is -0.980. The van der Waals surface area contributed by atoms with E-state index < -0.39 is 41.2 Å². The van der Waals surface area contributed by atoms with Gasteiger partial charge < -0.3 is 15.7 Å². The monoisotopic (exact) mass is 393 g/mol. The number of aromatic nitrogens is 3. The lowest BCUT2D eigenvalue weighted by Gasteiger charge is -2.17. The van der Waals surface area contributed by atoms with Gasteiger partial charge in [0.2, 0.25) is 5.91 Å². The first-order chi connectivity index (χ1) is 13.5. The van der Waals surface area contributed by atoms with Crippen LogP contribution in [-0.4, -0.2) is 50.6 Å². The number of carbonyl (C=O) groups excluding carboxylic acids is 2. The fraction of sp³-hybridized carbons (Fsp3) is 0.444. The lowest BCUT2D eigenvalue weighted by molar-refractivity contribution is -0.125. The molecule has 1 aromatic heterocycles. The molecule has 0 radical (unpaired) electrons.